The molecule has 0 bridgehead atoms. The third kappa shape index (κ3) is 8.28. The monoisotopic (exact) mass is 666 g/mol. The second-order valence-electron chi connectivity index (χ2n) is 9.41. The number of halogens is 7. The summed E-state index contributed by atoms with van der Waals surface area (Å²) < 4.78 is 81.1. The largest absolute Gasteiger partial charge is 0.437 e. The number of azide groups is 1. The second kappa shape index (κ2) is 13.7. The van der Waals surface area contributed by atoms with Crippen LogP contribution in [0.2, 0.25) is 5.15 Å². The first-order chi connectivity index (χ1) is 22.4. The van der Waals surface area contributed by atoms with E-state index in [4.69, 9.17) is 21.9 Å². The molecule has 16 heteroatoms. The Morgan fingerprint density at radius 2 is 1.26 bits per heavy atom. The Morgan fingerprint density at radius 3 is 1.81 bits per heavy atom. The van der Waals surface area contributed by atoms with Crippen molar-refractivity contribution in [3.8, 4) is 34.1 Å². The average molecular weight is 667 g/mol. The summed E-state index contributed by atoms with van der Waals surface area (Å²) in [4.78, 5) is 22.8. The van der Waals surface area contributed by atoms with E-state index >= 15 is 0 Å². The smallest absolute Gasteiger partial charge is 0.416 e. The second-order valence-corrected chi connectivity index (χ2v) is 9.79. The fourth-order valence-electron chi connectivity index (χ4n) is 4.11. The average Bonchev–Trinajstić information content (AvgIpc) is 3.05. The van der Waals surface area contributed by atoms with Gasteiger partial charge in [-0.2, -0.15) is 26.3 Å². The number of pyridine rings is 1. The summed E-state index contributed by atoms with van der Waals surface area (Å²) >= 11 is 5.67. The van der Waals surface area contributed by atoms with Crippen LogP contribution in [0.4, 0.5) is 32.2 Å². The Kier molecular flexibility index (Phi) is 9.49. The third-order valence-electron chi connectivity index (χ3n) is 6.32. The van der Waals surface area contributed by atoms with E-state index in [-0.39, 0.29) is 16.9 Å². The van der Waals surface area contributed by atoms with Gasteiger partial charge in [-0.15, -0.1) is 0 Å². The maximum absolute atomic E-state index is 12.8. The molecule has 0 radical (unpaired) electrons. The highest BCUT2D eigenvalue weighted by molar-refractivity contribution is 6.29. The zero-order valence-corrected chi connectivity index (χ0v) is 24.2. The minimum atomic E-state index is -4.41. The molecular weight excluding hydrogens is 650 g/mol. The van der Waals surface area contributed by atoms with Crippen LogP contribution < -0.4 is 4.74 Å². The predicted molar refractivity (Wildman–Crippen MR) is 161 cm³/mol. The molecule has 0 atom stereocenters. The molecule has 9 nitrogen and oxygen atoms in total. The van der Waals surface area contributed by atoms with Crippen LogP contribution in [-0.2, 0) is 12.4 Å². The van der Waals surface area contributed by atoms with Crippen molar-refractivity contribution < 1.29 is 31.1 Å². The van der Waals surface area contributed by atoms with Crippen LogP contribution in [0.3, 0.4) is 0 Å². The molecule has 0 fully saturated rings. The molecule has 6 aromatic rings. The van der Waals surface area contributed by atoms with Gasteiger partial charge in [0, 0.05) is 33.6 Å². The molecule has 3 heterocycles. The molecule has 6 rings (SSSR count). The van der Waals surface area contributed by atoms with Crippen LogP contribution in [0.25, 0.3) is 43.9 Å². The molecule has 236 valence electrons. The van der Waals surface area contributed by atoms with Gasteiger partial charge in [0.25, 0.3) is 0 Å². The number of aromatic nitrogens is 5. The number of ether oxygens (including phenoxy) is 1. The summed E-state index contributed by atoms with van der Waals surface area (Å²) in [6.07, 6.45) is -6.22. The fourth-order valence-corrected chi connectivity index (χ4v) is 4.26. The van der Waals surface area contributed by atoms with Crippen LogP contribution >= 0.6 is 11.6 Å². The van der Waals surface area contributed by atoms with Crippen molar-refractivity contribution in [1.82, 2.24) is 24.9 Å². The summed E-state index contributed by atoms with van der Waals surface area (Å²) in [5, 5.41) is 4.50. The summed E-state index contributed by atoms with van der Waals surface area (Å²) in [7, 11) is 0. The number of nitrogens with zero attached hydrogens (tertiary/aromatic N) is 8. The van der Waals surface area contributed by atoms with E-state index in [2.05, 4.69) is 34.9 Å². The van der Waals surface area contributed by atoms with E-state index in [0.29, 0.717) is 33.8 Å². The first-order valence-electron chi connectivity index (χ1n) is 13.2. The lowest BCUT2D eigenvalue weighted by Gasteiger charge is -2.10. The molecule has 0 saturated carbocycles. The number of rotatable bonds is 5. The van der Waals surface area contributed by atoms with Gasteiger partial charge in [-0.1, -0.05) is 54.1 Å². The minimum Gasteiger partial charge on any atom is -0.437 e. The topological polar surface area (TPSA) is 122 Å². The third-order valence-corrected chi connectivity index (χ3v) is 6.53. The Morgan fingerprint density at radius 1 is 0.681 bits per heavy atom. The van der Waals surface area contributed by atoms with Crippen LogP contribution in [0, 0.1) is 0 Å². The van der Waals surface area contributed by atoms with E-state index in [1.54, 1.807) is 24.3 Å². The Hall–Kier alpha value is -5.79. The van der Waals surface area contributed by atoms with E-state index in [1.807, 2.05) is 6.07 Å². The van der Waals surface area contributed by atoms with Gasteiger partial charge in [0.2, 0.25) is 5.88 Å². The fraction of sp³-hybridized carbons (Fsp3) is 0.0645. The highest BCUT2D eigenvalue weighted by atomic mass is 35.5. The van der Waals surface area contributed by atoms with Crippen molar-refractivity contribution >= 4 is 28.3 Å². The number of hydrogen-bond acceptors (Lipinski definition) is 7. The highest BCUT2D eigenvalue weighted by Gasteiger charge is 2.30. The molecule has 0 aliphatic carbocycles. The van der Waals surface area contributed by atoms with E-state index in [0.717, 1.165) is 29.7 Å². The molecular formula is C31H17ClF6N8O. The van der Waals surface area contributed by atoms with Gasteiger partial charge < -0.3 is 4.74 Å². The van der Waals surface area contributed by atoms with E-state index in [1.165, 1.54) is 49.1 Å². The molecule has 0 amide bonds. The predicted octanol–water partition coefficient (Wildman–Crippen LogP) is 10.3. The van der Waals surface area contributed by atoms with Gasteiger partial charge in [0.05, 0.1) is 22.5 Å². The van der Waals surface area contributed by atoms with Crippen molar-refractivity contribution in [2.45, 2.75) is 12.4 Å². The first-order valence-corrected chi connectivity index (χ1v) is 13.6. The minimum absolute atomic E-state index is 0.184. The standard InChI is InChI=1S/C20H11F3N6O.C11H6ClF3N2/c21-20(22,23)14-7-4-12(5-8-14)15-10-18(26-11-25-15)30-16-3-1-2-13-6-9-17(28-29-24)27-19(13)16;12-10-5-9(16-6-17-10)7-1-3-8(4-2-7)11(13,14)15/h1-11H;1-6H. The van der Waals surface area contributed by atoms with Gasteiger partial charge in [0.1, 0.15) is 29.1 Å². The summed E-state index contributed by atoms with van der Waals surface area (Å²) in [6, 6.07) is 21.0. The van der Waals surface area contributed by atoms with E-state index < -0.39 is 23.5 Å². The molecule has 0 aliphatic rings. The SMILES string of the molecule is FC(F)(F)c1ccc(-c2cc(Cl)ncn2)cc1.[N-]=[N+]=Nc1ccc2cccc(Oc3cc(-c4ccc(C(F)(F)F)cc4)ncn3)c2n1. The number of para-hydroxylation sites is 1. The quantitative estimate of drug-likeness (QED) is 0.0593. The van der Waals surface area contributed by atoms with Crippen LogP contribution in [0.1, 0.15) is 11.1 Å². The lowest BCUT2D eigenvalue weighted by molar-refractivity contribution is -0.138. The summed E-state index contributed by atoms with van der Waals surface area (Å²) in [6.45, 7) is 0. The van der Waals surface area contributed by atoms with Crippen molar-refractivity contribution in [1.29, 1.82) is 0 Å². The van der Waals surface area contributed by atoms with Crippen LogP contribution in [0.5, 0.6) is 11.6 Å². The van der Waals surface area contributed by atoms with Gasteiger partial charge in [-0.05, 0) is 47.0 Å². The van der Waals surface area contributed by atoms with Crippen LogP contribution in [0.15, 0.2) is 109 Å². The van der Waals surface area contributed by atoms with Crippen molar-refractivity contribution in [3.05, 3.63) is 130 Å². The maximum atomic E-state index is 12.8. The van der Waals surface area contributed by atoms with Crippen molar-refractivity contribution in [2.75, 3.05) is 0 Å². The van der Waals surface area contributed by atoms with Crippen molar-refractivity contribution in [3.63, 3.8) is 0 Å². The summed E-state index contributed by atoms with van der Waals surface area (Å²) in [5.41, 5.74) is 9.57. The lowest BCUT2D eigenvalue weighted by atomic mass is 10.1. The van der Waals surface area contributed by atoms with Gasteiger partial charge in [-0.3, -0.25) is 0 Å². The molecule has 3 aromatic carbocycles. The lowest BCUT2D eigenvalue weighted by Crippen LogP contribution is -2.04. The molecule has 3 aromatic heterocycles. The summed E-state index contributed by atoms with van der Waals surface area (Å²) in [5.74, 6) is 0.747. The molecule has 47 heavy (non-hydrogen) atoms. The van der Waals surface area contributed by atoms with Crippen molar-refractivity contribution in [2.24, 2.45) is 5.11 Å². The normalized spacial score (nSPS) is 11.3. The first kappa shape index (κ1) is 32.6. The highest BCUT2D eigenvalue weighted by Crippen LogP contribution is 2.33. The maximum Gasteiger partial charge on any atom is 0.416 e. The molecule has 0 aliphatic heterocycles. The van der Waals surface area contributed by atoms with Gasteiger partial charge in [0.15, 0.2) is 5.75 Å². The number of benzene rings is 3. The Labute approximate surface area is 266 Å². The van der Waals surface area contributed by atoms with Gasteiger partial charge >= 0.3 is 12.4 Å². The zero-order chi connectivity index (χ0) is 33.6. The molecule has 0 N–H and O–H groups in total. The number of alkyl halides is 6. The zero-order valence-electron chi connectivity index (χ0n) is 23.4. The number of hydrogen-bond donors (Lipinski definition) is 0. The Bertz CT molecular complexity index is 2070. The molecule has 0 saturated heterocycles. The molecule has 0 spiro atoms. The van der Waals surface area contributed by atoms with E-state index in [9.17, 15) is 26.3 Å². The number of fused-ring (bicyclic) bond motifs is 1. The molecule has 0 unspecified atom stereocenters. The van der Waals surface area contributed by atoms with Gasteiger partial charge in [-0.25, -0.2) is 24.9 Å². The Balaban J connectivity index is 0.000000216. The van der Waals surface area contributed by atoms with Crippen LogP contribution in [-0.4, -0.2) is 24.9 Å².